The van der Waals surface area contributed by atoms with Crippen molar-refractivity contribution in [2.45, 2.75) is 25.0 Å². The molecule has 1 N–H and O–H groups in total. The summed E-state index contributed by atoms with van der Waals surface area (Å²) in [5.74, 6) is 0.824. The average molecular weight is 477 g/mol. The van der Waals surface area contributed by atoms with Crippen molar-refractivity contribution >= 4 is 68.0 Å². The van der Waals surface area contributed by atoms with E-state index < -0.39 is 0 Å². The van der Waals surface area contributed by atoms with Crippen LogP contribution in [0.5, 0.6) is 0 Å². The SMILES string of the molecule is CC(C)n1c(SCC(=O)Nc2ccc(Cl)cc2Cl)nnc1-c1csc2ccccc12. The first-order chi connectivity index (χ1) is 14.4. The number of aromatic nitrogens is 3. The number of nitrogens with zero attached hydrogens (tertiary/aromatic N) is 3. The lowest BCUT2D eigenvalue weighted by Crippen LogP contribution is -2.15. The average Bonchev–Trinajstić information content (AvgIpc) is 3.32. The Morgan fingerprint density at radius 3 is 2.77 bits per heavy atom. The van der Waals surface area contributed by atoms with Crippen molar-refractivity contribution in [1.82, 2.24) is 14.8 Å². The number of halogens is 2. The number of carbonyl (C=O) groups excluding carboxylic acids is 1. The highest BCUT2D eigenvalue weighted by atomic mass is 35.5. The van der Waals surface area contributed by atoms with E-state index in [9.17, 15) is 4.79 Å². The number of hydrogen-bond donors (Lipinski definition) is 1. The third-order valence-corrected chi connectivity index (χ3v) is 6.89. The number of rotatable bonds is 6. The lowest BCUT2D eigenvalue weighted by molar-refractivity contribution is -0.113. The summed E-state index contributed by atoms with van der Waals surface area (Å²) in [7, 11) is 0. The maximum absolute atomic E-state index is 12.4. The van der Waals surface area contributed by atoms with E-state index in [0.717, 1.165) is 16.8 Å². The molecule has 0 atom stereocenters. The first kappa shape index (κ1) is 21.2. The zero-order chi connectivity index (χ0) is 21.3. The van der Waals surface area contributed by atoms with Gasteiger partial charge in [-0.2, -0.15) is 0 Å². The number of anilines is 1. The molecule has 0 radical (unpaired) electrons. The predicted octanol–water partition coefficient (Wildman–Crippen LogP) is 6.78. The smallest absolute Gasteiger partial charge is 0.234 e. The molecule has 4 rings (SSSR count). The summed E-state index contributed by atoms with van der Waals surface area (Å²) in [6.45, 7) is 4.16. The van der Waals surface area contributed by atoms with Gasteiger partial charge in [-0.1, -0.05) is 53.2 Å². The van der Waals surface area contributed by atoms with E-state index in [0.29, 0.717) is 20.9 Å². The molecule has 2 heterocycles. The molecule has 30 heavy (non-hydrogen) atoms. The van der Waals surface area contributed by atoms with Gasteiger partial charge in [0.05, 0.1) is 16.5 Å². The van der Waals surface area contributed by atoms with Crippen LogP contribution in [-0.2, 0) is 4.79 Å². The molecule has 2 aromatic carbocycles. The number of carbonyl (C=O) groups is 1. The molecule has 0 saturated heterocycles. The lowest BCUT2D eigenvalue weighted by Gasteiger charge is -2.13. The number of nitrogens with one attached hydrogen (secondary N) is 1. The maximum Gasteiger partial charge on any atom is 0.234 e. The summed E-state index contributed by atoms with van der Waals surface area (Å²) in [6.07, 6.45) is 0. The van der Waals surface area contributed by atoms with Gasteiger partial charge in [0, 0.05) is 32.1 Å². The fourth-order valence-corrected chi connectivity index (χ4v) is 5.35. The van der Waals surface area contributed by atoms with Crippen LogP contribution in [-0.4, -0.2) is 26.4 Å². The van der Waals surface area contributed by atoms with Crippen LogP contribution in [0.3, 0.4) is 0 Å². The highest BCUT2D eigenvalue weighted by Crippen LogP contribution is 2.36. The van der Waals surface area contributed by atoms with Gasteiger partial charge in [0.25, 0.3) is 0 Å². The number of benzene rings is 2. The molecular weight excluding hydrogens is 459 g/mol. The van der Waals surface area contributed by atoms with Gasteiger partial charge in [0.1, 0.15) is 0 Å². The van der Waals surface area contributed by atoms with Gasteiger partial charge < -0.3 is 5.32 Å². The van der Waals surface area contributed by atoms with Crippen LogP contribution in [0.1, 0.15) is 19.9 Å². The van der Waals surface area contributed by atoms with E-state index in [1.807, 2.05) is 12.1 Å². The van der Waals surface area contributed by atoms with Crippen molar-refractivity contribution in [3.8, 4) is 11.4 Å². The van der Waals surface area contributed by atoms with Crippen LogP contribution in [0.4, 0.5) is 5.69 Å². The van der Waals surface area contributed by atoms with E-state index in [1.54, 1.807) is 29.5 Å². The second-order valence-corrected chi connectivity index (χ2v) is 9.57. The van der Waals surface area contributed by atoms with Crippen molar-refractivity contribution in [2.24, 2.45) is 0 Å². The molecule has 1 amide bonds. The summed E-state index contributed by atoms with van der Waals surface area (Å²) >= 11 is 15.1. The minimum absolute atomic E-state index is 0.143. The van der Waals surface area contributed by atoms with Crippen LogP contribution >= 0.6 is 46.3 Å². The highest BCUT2D eigenvalue weighted by molar-refractivity contribution is 7.99. The summed E-state index contributed by atoms with van der Waals surface area (Å²) in [6, 6.07) is 13.4. The molecule has 0 aliphatic carbocycles. The van der Waals surface area contributed by atoms with Crippen molar-refractivity contribution in [2.75, 3.05) is 11.1 Å². The second-order valence-electron chi connectivity index (χ2n) is 6.88. The maximum atomic E-state index is 12.4. The summed E-state index contributed by atoms with van der Waals surface area (Å²) in [5, 5.41) is 16.5. The molecule has 5 nitrogen and oxygen atoms in total. The van der Waals surface area contributed by atoms with Crippen molar-refractivity contribution in [3.05, 3.63) is 57.9 Å². The third kappa shape index (κ3) is 4.34. The van der Waals surface area contributed by atoms with Gasteiger partial charge >= 0.3 is 0 Å². The van der Waals surface area contributed by atoms with Crippen molar-refractivity contribution in [1.29, 1.82) is 0 Å². The number of thioether (sulfide) groups is 1. The summed E-state index contributed by atoms with van der Waals surface area (Å²) < 4.78 is 3.28. The predicted molar refractivity (Wildman–Crippen MR) is 127 cm³/mol. The normalized spacial score (nSPS) is 11.4. The van der Waals surface area contributed by atoms with Crippen LogP contribution in [0.25, 0.3) is 21.5 Å². The van der Waals surface area contributed by atoms with Gasteiger partial charge in [0.2, 0.25) is 5.91 Å². The lowest BCUT2D eigenvalue weighted by atomic mass is 10.1. The van der Waals surface area contributed by atoms with Gasteiger partial charge in [-0.15, -0.1) is 21.5 Å². The largest absolute Gasteiger partial charge is 0.324 e. The zero-order valence-corrected chi connectivity index (χ0v) is 19.4. The number of fused-ring (bicyclic) bond motifs is 1. The molecule has 0 spiro atoms. The van der Waals surface area contributed by atoms with Gasteiger partial charge in [-0.05, 0) is 38.1 Å². The molecule has 0 fully saturated rings. The molecule has 0 aliphatic heterocycles. The fraction of sp³-hybridized carbons (Fsp3) is 0.190. The molecule has 2 aromatic heterocycles. The monoisotopic (exact) mass is 476 g/mol. The highest BCUT2D eigenvalue weighted by Gasteiger charge is 2.20. The van der Waals surface area contributed by atoms with Crippen molar-refractivity contribution < 1.29 is 4.79 Å². The second kappa shape index (κ2) is 8.98. The Kier molecular flexibility index (Phi) is 6.34. The van der Waals surface area contributed by atoms with Crippen LogP contribution in [0.15, 0.2) is 53.0 Å². The molecule has 154 valence electrons. The minimum atomic E-state index is -0.176. The Labute approximate surface area is 192 Å². The van der Waals surface area contributed by atoms with E-state index >= 15 is 0 Å². The molecule has 0 saturated carbocycles. The Bertz CT molecular complexity index is 1220. The standard InChI is InChI=1S/C21H18Cl2N4OS2/c1-12(2)27-20(15-10-29-18-6-4-3-5-14(15)18)25-26-21(27)30-11-19(28)24-17-8-7-13(22)9-16(17)23/h3-10,12H,11H2,1-2H3,(H,24,28). The molecule has 0 aliphatic rings. The third-order valence-electron chi connectivity index (χ3n) is 4.44. The Morgan fingerprint density at radius 1 is 1.20 bits per heavy atom. The summed E-state index contributed by atoms with van der Waals surface area (Å²) in [4.78, 5) is 12.4. The molecule has 0 bridgehead atoms. The molecule has 9 heteroatoms. The molecule has 0 unspecified atom stereocenters. The zero-order valence-electron chi connectivity index (χ0n) is 16.2. The first-order valence-electron chi connectivity index (χ1n) is 9.23. The Hall–Kier alpha value is -2.06. The summed E-state index contributed by atoms with van der Waals surface area (Å²) in [5.41, 5.74) is 1.59. The Morgan fingerprint density at radius 2 is 2.00 bits per heavy atom. The van der Waals surface area contributed by atoms with Crippen molar-refractivity contribution in [3.63, 3.8) is 0 Å². The van der Waals surface area contributed by atoms with Gasteiger partial charge in [0.15, 0.2) is 11.0 Å². The van der Waals surface area contributed by atoms with E-state index in [-0.39, 0.29) is 17.7 Å². The quantitative estimate of drug-likeness (QED) is 0.311. The van der Waals surface area contributed by atoms with Gasteiger partial charge in [-0.3, -0.25) is 9.36 Å². The van der Waals surface area contributed by atoms with Crippen LogP contribution < -0.4 is 5.32 Å². The number of amides is 1. The minimum Gasteiger partial charge on any atom is -0.324 e. The first-order valence-corrected chi connectivity index (χ1v) is 11.9. The fourth-order valence-electron chi connectivity index (χ4n) is 3.08. The molecular formula is C21H18Cl2N4OS2. The van der Waals surface area contributed by atoms with E-state index in [1.165, 1.54) is 16.5 Å². The number of thiophene rings is 1. The van der Waals surface area contributed by atoms with Crippen LogP contribution in [0, 0.1) is 0 Å². The number of hydrogen-bond acceptors (Lipinski definition) is 5. The Balaban J connectivity index is 1.54. The topological polar surface area (TPSA) is 59.8 Å². The van der Waals surface area contributed by atoms with E-state index in [4.69, 9.17) is 23.2 Å². The van der Waals surface area contributed by atoms with Gasteiger partial charge in [-0.25, -0.2) is 0 Å². The molecule has 4 aromatic rings. The van der Waals surface area contributed by atoms with Crippen LogP contribution in [0.2, 0.25) is 10.0 Å². The van der Waals surface area contributed by atoms with E-state index in [2.05, 4.69) is 51.4 Å².